The number of carbonyl (C=O) groups is 1. The van der Waals surface area contributed by atoms with Crippen molar-refractivity contribution in [3.8, 4) is 11.5 Å². The van der Waals surface area contributed by atoms with Gasteiger partial charge in [-0.05, 0) is 12.1 Å². The van der Waals surface area contributed by atoms with Gasteiger partial charge in [-0.15, -0.1) is 5.10 Å². The largest absolute Gasteiger partial charge is 0.494 e. The molecule has 0 unspecified atom stereocenters. The van der Waals surface area contributed by atoms with E-state index in [1.807, 2.05) is 0 Å². The lowest BCUT2D eigenvalue weighted by Gasteiger charge is -2.13. The third kappa shape index (κ3) is 2.97. The van der Waals surface area contributed by atoms with Crippen LogP contribution in [0.3, 0.4) is 0 Å². The number of rotatable bonds is 3. The molecule has 2 aromatic rings. The van der Waals surface area contributed by atoms with Crippen molar-refractivity contribution in [3.05, 3.63) is 41.3 Å². The Morgan fingerprint density at radius 2 is 2.10 bits per heavy atom. The van der Waals surface area contributed by atoms with Crippen LogP contribution in [0.4, 0.5) is 6.01 Å². The maximum Gasteiger partial charge on any atom is 0.322 e. The topological polar surface area (TPSA) is 86.5 Å². The summed E-state index contributed by atoms with van der Waals surface area (Å²) in [5.41, 5.74) is 0.587. The summed E-state index contributed by atoms with van der Waals surface area (Å²) in [5.74, 6) is -0.256. The molecule has 2 heterocycles. The summed E-state index contributed by atoms with van der Waals surface area (Å²) < 4.78 is 15.5. The number of hydrogen-bond donors (Lipinski definition) is 1. The van der Waals surface area contributed by atoms with Crippen molar-refractivity contribution in [2.24, 2.45) is 0 Å². The number of aromatic nitrogens is 2. The van der Waals surface area contributed by atoms with E-state index in [1.165, 1.54) is 6.26 Å². The molecule has 108 valence electrons. The number of hydrogen-bond acceptors (Lipinski definition) is 6. The number of halogens is 1. The van der Waals surface area contributed by atoms with Gasteiger partial charge in [0.25, 0.3) is 11.8 Å². The summed E-state index contributed by atoms with van der Waals surface area (Å²) >= 11 is 6.03. The Bertz CT molecular complexity index is 698. The fourth-order valence-electron chi connectivity index (χ4n) is 1.66. The predicted octanol–water partition coefficient (Wildman–Crippen LogP) is 2.22. The summed E-state index contributed by atoms with van der Waals surface area (Å²) in [6.45, 7) is 0.724. The molecule has 0 radical (unpaired) electrons. The first-order valence-electron chi connectivity index (χ1n) is 6.08. The fourth-order valence-corrected chi connectivity index (χ4v) is 1.88. The first kappa shape index (κ1) is 13.4. The van der Waals surface area contributed by atoms with Gasteiger partial charge in [0.1, 0.15) is 19.5 Å². The molecule has 0 spiro atoms. The smallest absolute Gasteiger partial charge is 0.322 e. The summed E-state index contributed by atoms with van der Waals surface area (Å²) in [4.78, 5) is 11.8. The van der Waals surface area contributed by atoms with Gasteiger partial charge in [-0.2, -0.15) is 0 Å². The molecule has 0 atom stereocenters. The van der Waals surface area contributed by atoms with Crippen molar-refractivity contribution in [3.63, 3.8) is 0 Å². The number of anilines is 1. The van der Waals surface area contributed by atoms with E-state index < -0.39 is 5.91 Å². The van der Waals surface area contributed by atoms with Crippen molar-refractivity contribution < 1.29 is 18.7 Å². The first-order valence-corrected chi connectivity index (χ1v) is 6.46. The molecule has 1 N–H and O–H groups in total. The Morgan fingerprint density at radius 1 is 1.24 bits per heavy atom. The molecule has 0 saturated carbocycles. The molecule has 0 fully saturated rings. The minimum absolute atomic E-state index is 0.0509. The molecule has 8 heteroatoms. The predicted molar refractivity (Wildman–Crippen MR) is 73.4 cm³/mol. The van der Waals surface area contributed by atoms with Crippen LogP contribution in [-0.4, -0.2) is 29.3 Å². The van der Waals surface area contributed by atoms with Crippen LogP contribution in [0.1, 0.15) is 0 Å². The zero-order valence-electron chi connectivity index (χ0n) is 10.7. The van der Waals surface area contributed by atoms with Crippen LogP contribution < -0.4 is 5.32 Å². The van der Waals surface area contributed by atoms with Crippen molar-refractivity contribution in [1.29, 1.82) is 0 Å². The fraction of sp³-hybridized carbons (Fsp3) is 0.154. The van der Waals surface area contributed by atoms with Gasteiger partial charge in [0.15, 0.2) is 0 Å². The van der Waals surface area contributed by atoms with Crippen LogP contribution in [0.25, 0.3) is 11.5 Å². The van der Waals surface area contributed by atoms with E-state index in [-0.39, 0.29) is 17.7 Å². The van der Waals surface area contributed by atoms with E-state index in [1.54, 1.807) is 24.3 Å². The molecular weight excluding hydrogens is 298 g/mol. The van der Waals surface area contributed by atoms with Gasteiger partial charge in [0.2, 0.25) is 5.76 Å². The minimum Gasteiger partial charge on any atom is -0.494 e. The molecule has 0 bridgehead atoms. The van der Waals surface area contributed by atoms with Crippen LogP contribution in [0, 0.1) is 0 Å². The summed E-state index contributed by atoms with van der Waals surface area (Å²) in [6, 6.07) is 6.98. The van der Waals surface area contributed by atoms with Crippen LogP contribution in [-0.2, 0) is 14.3 Å². The molecule has 1 aromatic carbocycles. The zero-order chi connectivity index (χ0) is 14.7. The Morgan fingerprint density at radius 3 is 2.86 bits per heavy atom. The van der Waals surface area contributed by atoms with Gasteiger partial charge in [-0.3, -0.25) is 10.1 Å². The second kappa shape index (κ2) is 5.84. The van der Waals surface area contributed by atoms with E-state index in [9.17, 15) is 4.79 Å². The molecular formula is C13H10ClN3O4. The average Bonchev–Trinajstić information content (AvgIpc) is 2.97. The molecule has 1 aromatic heterocycles. The monoisotopic (exact) mass is 307 g/mol. The molecule has 7 nitrogen and oxygen atoms in total. The van der Waals surface area contributed by atoms with Gasteiger partial charge in [0, 0.05) is 0 Å². The van der Waals surface area contributed by atoms with Crippen molar-refractivity contribution in [1.82, 2.24) is 10.2 Å². The van der Waals surface area contributed by atoms with Gasteiger partial charge >= 0.3 is 6.01 Å². The normalized spacial score (nSPS) is 13.9. The molecule has 3 rings (SSSR count). The summed E-state index contributed by atoms with van der Waals surface area (Å²) in [5, 5.41) is 10.5. The van der Waals surface area contributed by atoms with Crippen LogP contribution in [0.15, 0.2) is 40.7 Å². The molecule has 0 aliphatic carbocycles. The maximum absolute atomic E-state index is 11.8. The highest BCUT2D eigenvalue weighted by molar-refractivity contribution is 6.33. The van der Waals surface area contributed by atoms with E-state index in [2.05, 4.69) is 15.5 Å². The van der Waals surface area contributed by atoms with E-state index in [0.29, 0.717) is 23.8 Å². The Hall–Kier alpha value is -2.54. The van der Waals surface area contributed by atoms with Crippen LogP contribution >= 0.6 is 11.6 Å². The third-order valence-corrected chi connectivity index (χ3v) is 2.95. The second-order valence-corrected chi connectivity index (χ2v) is 4.45. The van der Waals surface area contributed by atoms with Gasteiger partial charge in [0.05, 0.1) is 10.6 Å². The molecule has 1 amide bonds. The van der Waals surface area contributed by atoms with E-state index in [4.69, 9.17) is 25.5 Å². The summed E-state index contributed by atoms with van der Waals surface area (Å²) in [7, 11) is 0. The van der Waals surface area contributed by atoms with Crippen LogP contribution in [0.2, 0.25) is 5.02 Å². The third-order valence-electron chi connectivity index (χ3n) is 2.62. The highest BCUT2D eigenvalue weighted by Gasteiger charge is 2.18. The number of ether oxygens (including phenoxy) is 2. The number of benzene rings is 1. The molecule has 21 heavy (non-hydrogen) atoms. The highest BCUT2D eigenvalue weighted by Crippen LogP contribution is 2.27. The summed E-state index contributed by atoms with van der Waals surface area (Å²) in [6.07, 6.45) is 1.24. The van der Waals surface area contributed by atoms with E-state index >= 15 is 0 Å². The Kier molecular flexibility index (Phi) is 3.74. The van der Waals surface area contributed by atoms with Crippen molar-refractivity contribution in [2.45, 2.75) is 0 Å². The molecule has 0 saturated heterocycles. The number of nitrogens with one attached hydrogen (secondary N) is 1. The Balaban J connectivity index is 1.75. The van der Waals surface area contributed by atoms with E-state index in [0.717, 1.165) is 0 Å². The first-order chi connectivity index (χ1) is 10.2. The molecule has 1 aliphatic rings. The zero-order valence-corrected chi connectivity index (χ0v) is 11.5. The number of nitrogens with zero attached hydrogens (tertiary/aromatic N) is 2. The minimum atomic E-state index is -0.524. The van der Waals surface area contributed by atoms with Gasteiger partial charge < -0.3 is 13.9 Å². The lowest BCUT2D eigenvalue weighted by Crippen LogP contribution is -2.21. The number of amides is 1. The maximum atomic E-state index is 11.8. The highest BCUT2D eigenvalue weighted by atomic mass is 35.5. The average molecular weight is 308 g/mol. The number of carbonyl (C=O) groups excluding carboxylic acids is 1. The van der Waals surface area contributed by atoms with Gasteiger partial charge in [-0.1, -0.05) is 28.8 Å². The SMILES string of the molecule is O=C(Nc1nnc(-c2ccccc2Cl)o1)C1=COCCO1. The second-order valence-electron chi connectivity index (χ2n) is 4.05. The lowest BCUT2D eigenvalue weighted by atomic mass is 10.2. The van der Waals surface area contributed by atoms with Crippen LogP contribution in [0.5, 0.6) is 0 Å². The Labute approximate surface area is 124 Å². The standard InChI is InChI=1S/C13H10ClN3O4/c14-9-4-2-1-3-8(9)12-16-17-13(21-12)15-11(18)10-7-19-5-6-20-10/h1-4,7H,5-6H2,(H,15,17,18). The van der Waals surface area contributed by atoms with Crippen molar-refractivity contribution >= 4 is 23.5 Å². The lowest BCUT2D eigenvalue weighted by molar-refractivity contribution is -0.117. The van der Waals surface area contributed by atoms with Crippen molar-refractivity contribution in [2.75, 3.05) is 18.5 Å². The molecule has 1 aliphatic heterocycles. The van der Waals surface area contributed by atoms with Gasteiger partial charge in [-0.25, -0.2) is 0 Å². The quantitative estimate of drug-likeness (QED) is 0.935.